The molecule has 0 bridgehead atoms. The molecule has 0 aliphatic rings. The molecule has 168 valence electrons. The van der Waals surface area contributed by atoms with Crippen LogP contribution in [0.3, 0.4) is 0 Å². The number of phenols is 2. The lowest BCUT2D eigenvalue weighted by atomic mass is 10.0. The molecule has 32 heavy (non-hydrogen) atoms. The number of unbranched alkanes of at least 4 members (excludes halogenated alkanes) is 1. The van der Waals surface area contributed by atoms with E-state index in [0.29, 0.717) is 54.6 Å². The zero-order valence-corrected chi connectivity index (χ0v) is 17.7. The number of aromatic hydroxyl groups is 2. The number of carbonyl (C=O) groups is 2. The first-order valence-electron chi connectivity index (χ1n) is 10.5. The van der Waals surface area contributed by atoms with E-state index in [1.54, 1.807) is 37.3 Å². The largest absolute Gasteiger partial charge is 0.504 e. The summed E-state index contributed by atoms with van der Waals surface area (Å²) in [6.45, 7) is 2.12. The molecule has 3 rings (SSSR count). The zero-order valence-electron chi connectivity index (χ0n) is 17.7. The molecule has 0 saturated heterocycles. The number of aliphatic hydroxyl groups is 1. The fraction of sp³-hybridized carbons (Fsp3) is 0.280. The molecule has 0 saturated carbocycles. The molecule has 7 heteroatoms. The molecule has 0 spiro atoms. The van der Waals surface area contributed by atoms with Crippen LogP contribution in [-0.4, -0.2) is 38.8 Å². The first-order valence-corrected chi connectivity index (χ1v) is 10.5. The smallest absolute Gasteiger partial charge is 0.336 e. The Morgan fingerprint density at radius 3 is 2.34 bits per heavy atom. The van der Waals surface area contributed by atoms with Crippen molar-refractivity contribution in [3.63, 3.8) is 0 Å². The van der Waals surface area contributed by atoms with E-state index in [1.165, 1.54) is 18.2 Å². The van der Waals surface area contributed by atoms with Crippen LogP contribution in [0.5, 0.6) is 17.2 Å². The van der Waals surface area contributed by atoms with Gasteiger partial charge in [-0.05, 0) is 72.0 Å². The number of ether oxygens (including phenoxy) is 1. The van der Waals surface area contributed by atoms with E-state index >= 15 is 0 Å². The van der Waals surface area contributed by atoms with Crippen molar-refractivity contribution in [2.24, 2.45) is 0 Å². The van der Waals surface area contributed by atoms with Gasteiger partial charge in [-0.2, -0.15) is 0 Å². The second-order valence-corrected chi connectivity index (χ2v) is 7.61. The number of rotatable bonds is 10. The summed E-state index contributed by atoms with van der Waals surface area (Å²) in [6.07, 6.45) is 1.07. The number of fused-ring (bicyclic) bond motifs is 1. The van der Waals surface area contributed by atoms with Gasteiger partial charge in [0.05, 0.1) is 18.3 Å². The van der Waals surface area contributed by atoms with Crippen molar-refractivity contribution < 1.29 is 34.8 Å². The summed E-state index contributed by atoms with van der Waals surface area (Å²) in [5.74, 6) is -1.09. The highest BCUT2D eigenvalue weighted by molar-refractivity contribution is 6.00. The second kappa shape index (κ2) is 10.2. The summed E-state index contributed by atoms with van der Waals surface area (Å²) in [5, 5.41) is 40.0. The number of ketones is 1. The van der Waals surface area contributed by atoms with Crippen LogP contribution in [0, 0.1) is 0 Å². The number of carboxylic acid groups (broad SMARTS) is 1. The number of aliphatic hydroxyl groups excluding tert-OH is 1. The van der Waals surface area contributed by atoms with Crippen LogP contribution in [0.4, 0.5) is 0 Å². The number of hydrogen-bond acceptors (Lipinski definition) is 6. The molecule has 0 aliphatic carbocycles. The van der Waals surface area contributed by atoms with Gasteiger partial charge in [0.15, 0.2) is 17.3 Å². The number of aromatic carboxylic acids is 1. The van der Waals surface area contributed by atoms with Gasteiger partial charge >= 0.3 is 5.97 Å². The van der Waals surface area contributed by atoms with E-state index in [4.69, 9.17) is 4.74 Å². The van der Waals surface area contributed by atoms with Gasteiger partial charge in [0, 0.05) is 12.0 Å². The van der Waals surface area contributed by atoms with E-state index in [0.717, 1.165) is 5.39 Å². The van der Waals surface area contributed by atoms with Crippen molar-refractivity contribution in [1.29, 1.82) is 0 Å². The Morgan fingerprint density at radius 2 is 1.66 bits per heavy atom. The minimum absolute atomic E-state index is 0.0290. The van der Waals surface area contributed by atoms with Crippen LogP contribution in [0.25, 0.3) is 10.8 Å². The number of Topliss-reactive ketones (excluding diaryl/α,β-unsaturated/α-hetero) is 1. The van der Waals surface area contributed by atoms with Gasteiger partial charge < -0.3 is 25.2 Å². The third kappa shape index (κ3) is 5.36. The predicted octanol–water partition coefficient (Wildman–Crippen LogP) is 4.82. The van der Waals surface area contributed by atoms with Crippen molar-refractivity contribution in [3.8, 4) is 17.2 Å². The predicted molar refractivity (Wildman–Crippen MR) is 120 cm³/mol. The van der Waals surface area contributed by atoms with Gasteiger partial charge in [0.25, 0.3) is 0 Å². The van der Waals surface area contributed by atoms with Crippen molar-refractivity contribution in [2.75, 3.05) is 6.61 Å². The van der Waals surface area contributed by atoms with Crippen molar-refractivity contribution in [2.45, 2.75) is 38.7 Å². The van der Waals surface area contributed by atoms with Crippen LogP contribution < -0.4 is 4.74 Å². The molecular weight excluding hydrogens is 412 g/mol. The quantitative estimate of drug-likeness (QED) is 0.203. The van der Waals surface area contributed by atoms with Crippen LogP contribution in [0.1, 0.15) is 65.0 Å². The van der Waals surface area contributed by atoms with E-state index < -0.39 is 12.1 Å². The Morgan fingerprint density at radius 1 is 0.938 bits per heavy atom. The van der Waals surface area contributed by atoms with Gasteiger partial charge in [-0.15, -0.1) is 0 Å². The molecule has 3 aromatic rings. The second-order valence-electron chi connectivity index (χ2n) is 7.61. The van der Waals surface area contributed by atoms with Crippen LogP contribution in [0.2, 0.25) is 0 Å². The molecule has 0 fully saturated rings. The average molecular weight is 438 g/mol. The minimum atomic E-state index is -1.10. The number of carbonyl (C=O) groups excluding carboxylic acids is 1. The first-order chi connectivity index (χ1) is 15.3. The van der Waals surface area contributed by atoms with E-state index in [1.807, 2.05) is 0 Å². The fourth-order valence-electron chi connectivity index (χ4n) is 3.49. The average Bonchev–Trinajstić information content (AvgIpc) is 2.78. The Balaban J connectivity index is 1.53. The Hall–Kier alpha value is -3.58. The maximum absolute atomic E-state index is 12.5. The van der Waals surface area contributed by atoms with Crippen LogP contribution >= 0.6 is 0 Å². The minimum Gasteiger partial charge on any atom is -0.504 e. The highest BCUT2D eigenvalue weighted by Crippen LogP contribution is 2.31. The normalized spacial score (nSPS) is 11.9. The van der Waals surface area contributed by atoms with Crippen LogP contribution in [0.15, 0.2) is 48.5 Å². The summed E-state index contributed by atoms with van der Waals surface area (Å²) < 4.78 is 5.68. The van der Waals surface area contributed by atoms with E-state index in [9.17, 15) is 30.0 Å². The molecule has 0 heterocycles. The van der Waals surface area contributed by atoms with Gasteiger partial charge in [-0.25, -0.2) is 4.79 Å². The molecule has 1 atom stereocenters. The maximum atomic E-state index is 12.5. The lowest BCUT2D eigenvalue weighted by Crippen LogP contribution is -2.08. The van der Waals surface area contributed by atoms with Crippen LogP contribution in [-0.2, 0) is 0 Å². The zero-order chi connectivity index (χ0) is 23.3. The van der Waals surface area contributed by atoms with Gasteiger partial charge in [-0.1, -0.05) is 19.1 Å². The van der Waals surface area contributed by atoms with Crippen molar-refractivity contribution in [1.82, 2.24) is 0 Å². The monoisotopic (exact) mass is 438 g/mol. The maximum Gasteiger partial charge on any atom is 0.336 e. The molecule has 4 N–H and O–H groups in total. The SMILES string of the molecule is CCC(O)c1cc(OCCCCC(=O)c2ccc3cc(O)c(O)cc3c2)ccc1C(=O)O. The molecule has 0 aromatic heterocycles. The molecule has 0 radical (unpaired) electrons. The Bertz CT molecular complexity index is 1140. The summed E-state index contributed by atoms with van der Waals surface area (Å²) in [5.41, 5.74) is 0.908. The molecule has 0 aliphatic heterocycles. The summed E-state index contributed by atoms with van der Waals surface area (Å²) in [6, 6.07) is 12.5. The fourth-order valence-corrected chi connectivity index (χ4v) is 3.49. The lowest BCUT2D eigenvalue weighted by Gasteiger charge is -2.14. The first kappa shape index (κ1) is 23.1. The number of hydrogen-bond donors (Lipinski definition) is 4. The van der Waals surface area contributed by atoms with E-state index in [-0.39, 0.29) is 22.8 Å². The third-order valence-electron chi connectivity index (χ3n) is 5.32. The molecule has 0 amide bonds. The summed E-state index contributed by atoms with van der Waals surface area (Å²) in [4.78, 5) is 23.8. The topological polar surface area (TPSA) is 124 Å². The van der Waals surface area contributed by atoms with Gasteiger partial charge in [0.1, 0.15) is 5.75 Å². The third-order valence-corrected chi connectivity index (χ3v) is 5.32. The number of benzene rings is 3. The molecular formula is C25H26O7. The number of phenolic OH excluding ortho intramolecular Hbond substituents is 2. The van der Waals surface area contributed by atoms with Crippen molar-refractivity contribution in [3.05, 3.63) is 65.2 Å². The number of carboxylic acids is 1. The highest BCUT2D eigenvalue weighted by atomic mass is 16.5. The summed E-state index contributed by atoms with van der Waals surface area (Å²) >= 11 is 0. The molecule has 3 aromatic carbocycles. The Kier molecular flexibility index (Phi) is 7.33. The van der Waals surface area contributed by atoms with Crippen molar-refractivity contribution >= 4 is 22.5 Å². The summed E-state index contributed by atoms with van der Waals surface area (Å²) in [7, 11) is 0. The van der Waals surface area contributed by atoms with E-state index in [2.05, 4.69) is 0 Å². The lowest BCUT2D eigenvalue weighted by molar-refractivity contribution is 0.0688. The highest BCUT2D eigenvalue weighted by Gasteiger charge is 2.17. The standard InChI is InChI=1S/C25H26O7/c1-2-21(26)20-14-18(8-9-19(20)25(30)31)32-10-4-3-5-22(27)16-7-6-15-12-23(28)24(29)13-17(15)11-16/h6-9,11-14,21,26,28-29H,2-5,10H2,1H3,(H,30,31). The van der Waals surface area contributed by atoms with Gasteiger partial charge in [-0.3, -0.25) is 4.79 Å². The molecule has 1 unspecified atom stereocenters. The molecule has 7 nitrogen and oxygen atoms in total. The Labute approximate surface area is 185 Å². The van der Waals surface area contributed by atoms with Gasteiger partial charge in [0.2, 0.25) is 0 Å².